The summed E-state index contributed by atoms with van der Waals surface area (Å²) in [5.41, 5.74) is 0. The summed E-state index contributed by atoms with van der Waals surface area (Å²) in [6, 6.07) is 10.5. The van der Waals surface area contributed by atoms with E-state index in [2.05, 4.69) is 0 Å². The Bertz CT molecular complexity index is 812. The van der Waals surface area contributed by atoms with Crippen molar-refractivity contribution >= 4 is 40.6 Å². The summed E-state index contributed by atoms with van der Waals surface area (Å²) in [4.78, 5) is 25.8. The van der Waals surface area contributed by atoms with E-state index in [9.17, 15) is 9.59 Å². The fourth-order valence-corrected chi connectivity index (χ4v) is 3.05. The normalized spacial score (nSPS) is 16.4. The van der Waals surface area contributed by atoms with Crippen LogP contribution in [-0.4, -0.2) is 29.2 Å². The molecule has 0 radical (unpaired) electrons. The van der Waals surface area contributed by atoms with E-state index in [-0.39, 0.29) is 24.3 Å². The predicted molar refractivity (Wildman–Crippen MR) is 97.5 cm³/mol. The molecule has 5 nitrogen and oxygen atoms in total. The number of furan rings is 1. The van der Waals surface area contributed by atoms with Gasteiger partial charge in [0.2, 0.25) is 0 Å². The van der Waals surface area contributed by atoms with Crippen molar-refractivity contribution in [1.82, 2.24) is 4.90 Å². The van der Waals surface area contributed by atoms with Crippen LogP contribution in [0.2, 0.25) is 5.02 Å². The van der Waals surface area contributed by atoms with Gasteiger partial charge >= 0.3 is 0 Å². The maximum absolute atomic E-state index is 12.3. The van der Waals surface area contributed by atoms with Gasteiger partial charge in [-0.15, -0.1) is 0 Å². The standard InChI is InChI=1S/C18H14ClNO4S/c19-13-6-8-15(9-7-13)24-12-10-20-17(21)16(25-18(20)22)5-1-3-14-4-2-11-23-14/h1-9,11H,10,12H2/b3-1+,16-5-. The maximum atomic E-state index is 12.3. The number of carbonyl (C=O) groups excluding carboxylic acids is 2. The number of hydrogen-bond acceptors (Lipinski definition) is 5. The highest BCUT2D eigenvalue weighted by Crippen LogP contribution is 2.30. The Morgan fingerprint density at radius 1 is 1.20 bits per heavy atom. The van der Waals surface area contributed by atoms with Crippen LogP contribution in [0, 0.1) is 0 Å². The highest BCUT2D eigenvalue weighted by Gasteiger charge is 2.34. The minimum absolute atomic E-state index is 0.187. The third-order valence-electron chi connectivity index (χ3n) is 3.32. The Balaban J connectivity index is 1.54. The van der Waals surface area contributed by atoms with Crippen LogP contribution in [0.5, 0.6) is 5.75 Å². The number of carbonyl (C=O) groups is 2. The molecule has 0 spiro atoms. The molecule has 0 saturated carbocycles. The maximum Gasteiger partial charge on any atom is 0.293 e. The molecule has 0 unspecified atom stereocenters. The number of allylic oxidation sites excluding steroid dienone is 2. The summed E-state index contributed by atoms with van der Waals surface area (Å²) in [5, 5.41) is 0.313. The number of rotatable bonds is 6. The highest BCUT2D eigenvalue weighted by molar-refractivity contribution is 8.18. The Morgan fingerprint density at radius 2 is 2.00 bits per heavy atom. The first-order chi connectivity index (χ1) is 12.1. The summed E-state index contributed by atoms with van der Waals surface area (Å²) in [6.45, 7) is 0.404. The van der Waals surface area contributed by atoms with E-state index in [0.29, 0.717) is 21.4 Å². The second-order valence-electron chi connectivity index (χ2n) is 5.03. The molecular weight excluding hydrogens is 362 g/mol. The van der Waals surface area contributed by atoms with Crippen LogP contribution >= 0.6 is 23.4 Å². The molecule has 0 aliphatic carbocycles. The molecule has 1 aliphatic heterocycles. The van der Waals surface area contributed by atoms with Gasteiger partial charge in [-0.1, -0.05) is 17.7 Å². The molecule has 1 aromatic carbocycles. The van der Waals surface area contributed by atoms with E-state index < -0.39 is 0 Å². The smallest absolute Gasteiger partial charge is 0.293 e. The Hall–Kier alpha value is -2.44. The van der Waals surface area contributed by atoms with Crippen molar-refractivity contribution in [3.63, 3.8) is 0 Å². The third-order valence-corrected chi connectivity index (χ3v) is 4.50. The van der Waals surface area contributed by atoms with Crippen LogP contribution in [0.1, 0.15) is 5.76 Å². The lowest BCUT2D eigenvalue weighted by atomic mass is 10.3. The number of benzene rings is 1. The Morgan fingerprint density at radius 3 is 2.72 bits per heavy atom. The first-order valence-electron chi connectivity index (χ1n) is 7.47. The molecular formula is C18H14ClNO4S. The average Bonchev–Trinajstić information content (AvgIpc) is 3.20. The molecule has 0 N–H and O–H groups in total. The summed E-state index contributed by atoms with van der Waals surface area (Å²) in [7, 11) is 0. The number of hydrogen-bond donors (Lipinski definition) is 0. The van der Waals surface area contributed by atoms with Gasteiger partial charge in [-0.2, -0.15) is 0 Å². The fourth-order valence-electron chi connectivity index (χ4n) is 2.11. The lowest BCUT2D eigenvalue weighted by molar-refractivity contribution is -0.123. The summed E-state index contributed by atoms with van der Waals surface area (Å²) < 4.78 is 10.7. The fraction of sp³-hybridized carbons (Fsp3) is 0.111. The van der Waals surface area contributed by atoms with E-state index in [1.165, 1.54) is 4.90 Å². The molecule has 2 amide bonds. The molecule has 128 valence electrons. The van der Waals surface area contributed by atoms with Crippen molar-refractivity contribution in [2.75, 3.05) is 13.2 Å². The van der Waals surface area contributed by atoms with Crippen LogP contribution in [0.3, 0.4) is 0 Å². The number of imide groups is 1. The van der Waals surface area contributed by atoms with E-state index >= 15 is 0 Å². The molecule has 7 heteroatoms. The van der Waals surface area contributed by atoms with Crippen molar-refractivity contribution in [3.05, 3.63) is 70.5 Å². The molecule has 2 heterocycles. The van der Waals surface area contributed by atoms with Crippen molar-refractivity contribution in [1.29, 1.82) is 0 Å². The predicted octanol–water partition coefficient (Wildman–Crippen LogP) is 4.60. The first kappa shape index (κ1) is 17.4. The average molecular weight is 376 g/mol. The van der Waals surface area contributed by atoms with Gasteiger partial charge in [0.25, 0.3) is 11.1 Å². The number of nitrogens with zero attached hydrogens (tertiary/aromatic N) is 1. The Labute approximate surface area is 153 Å². The largest absolute Gasteiger partial charge is 0.492 e. The van der Waals surface area contributed by atoms with Gasteiger partial charge < -0.3 is 9.15 Å². The van der Waals surface area contributed by atoms with Gasteiger partial charge in [-0.05, 0) is 60.3 Å². The summed E-state index contributed by atoms with van der Waals surface area (Å²) >= 11 is 6.72. The van der Waals surface area contributed by atoms with Crippen molar-refractivity contribution in [3.8, 4) is 5.75 Å². The van der Waals surface area contributed by atoms with E-state index in [1.54, 1.807) is 60.9 Å². The zero-order valence-corrected chi connectivity index (χ0v) is 14.6. The zero-order chi connectivity index (χ0) is 17.6. The SMILES string of the molecule is O=C1S/C(=C\C=C\c2ccco2)C(=O)N1CCOc1ccc(Cl)cc1. The molecule has 1 aliphatic rings. The minimum atomic E-state index is -0.321. The van der Waals surface area contributed by atoms with Crippen molar-refractivity contribution in [2.45, 2.75) is 0 Å². The van der Waals surface area contributed by atoms with Gasteiger partial charge in [0.1, 0.15) is 18.1 Å². The second-order valence-corrected chi connectivity index (χ2v) is 6.46. The van der Waals surface area contributed by atoms with Crippen LogP contribution in [0.15, 0.2) is 64.1 Å². The van der Waals surface area contributed by atoms with E-state index in [4.69, 9.17) is 20.8 Å². The minimum Gasteiger partial charge on any atom is -0.492 e. The molecule has 3 rings (SSSR count). The van der Waals surface area contributed by atoms with Crippen LogP contribution < -0.4 is 4.74 Å². The van der Waals surface area contributed by atoms with Crippen molar-refractivity contribution < 1.29 is 18.7 Å². The zero-order valence-electron chi connectivity index (χ0n) is 13.1. The summed E-state index contributed by atoms with van der Waals surface area (Å²) in [5.74, 6) is 0.985. The second kappa shape index (κ2) is 8.09. The van der Waals surface area contributed by atoms with Gasteiger partial charge in [0.05, 0.1) is 17.7 Å². The number of thioether (sulfide) groups is 1. The molecule has 0 atom stereocenters. The first-order valence-corrected chi connectivity index (χ1v) is 8.67. The number of halogens is 1. The molecule has 1 aromatic heterocycles. The topological polar surface area (TPSA) is 59.8 Å². The summed E-state index contributed by atoms with van der Waals surface area (Å²) in [6.07, 6.45) is 6.57. The van der Waals surface area contributed by atoms with Crippen LogP contribution in [0.25, 0.3) is 6.08 Å². The van der Waals surface area contributed by atoms with Gasteiger partial charge in [-0.3, -0.25) is 14.5 Å². The lowest BCUT2D eigenvalue weighted by Crippen LogP contribution is -2.32. The molecule has 25 heavy (non-hydrogen) atoms. The molecule has 0 bridgehead atoms. The monoisotopic (exact) mass is 375 g/mol. The lowest BCUT2D eigenvalue weighted by Gasteiger charge is -2.13. The highest BCUT2D eigenvalue weighted by atomic mass is 35.5. The molecule has 2 aromatic rings. The van der Waals surface area contributed by atoms with Gasteiger partial charge in [0.15, 0.2) is 0 Å². The quantitative estimate of drug-likeness (QED) is 0.690. The van der Waals surface area contributed by atoms with E-state index in [0.717, 1.165) is 11.8 Å². The van der Waals surface area contributed by atoms with Crippen LogP contribution in [0.4, 0.5) is 4.79 Å². The Kier molecular flexibility index (Phi) is 5.63. The molecule has 1 saturated heterocycles. The van der Waals surface area contributed by atoms with Gasteiger partial charge in [0, 0.05) is 5.02 Å². The van der Waals surface area contributed by atoms with Crippen LogP contribution in [-0.2, 0) is 4.79 Å². The number of ether oxygens (including phenoxy) is 1. The third kappa shape index (κ3) is 4.55. The molecule has 1 fully saturated rings. The van der Waals surface area contributed by atoms with Crippen molar-refractivity contribution in [2.24, 2.45) is 0 Å². The van der Waals surface area contributed by atoms with Gasteiger partial charge in [-0.25, -0.2) is 0 Å². The number of amides is 2. The van der Waals surface area contributed by atoms with E-state index in [1.807, 2.05) is 0 Å².